The van der Waals surface area contributed by atoms with Crippen molar-refractivity contribution in [2.45, 2.75) is 180 Å². The number of ether oxygens (including phenoxy) is 5. The number of Topliss-reactive ketones (excluding diaryl/α,β-unsaturated/α-hetero) is 2. The number of carbonyl (C=O) groups excluding carboxylic acids is 4. The first-order valence-corrected chi connectivity index (χ1v) is 25.4. The highest BCUT2D eigenvalue weighted by Crippen LogP contribution is 2.40. The Bertz CT molecular complexity index is 2120. The van der Waals surface area contributed by atoms with Gasteiger partial charge in [0.15, 0.2) is 0 Å². The maximum atomic E-state index is 14.6. The standard InChI is InChI=1S/C54H81N3O11/c1-11-23-66-46-29-37(16-18-41(46)55-40-17-19-42-39(30-40)20-22-56(42)8)27-34(5)49-36(7)44(58)31-45(59)38(12-2)25-32(3)24-33(4)26-47(64-9)50-48(65-10)28-35(6)54(63,68-50)51(60)52(61)57-21-14-13-15-43(57)53(62)67-49/h17,19-20,22,25,27,30,33,35-38,41,43-44,46-50,55,58,63H,11-16,18,21,23-24,26,28-29,31H2,1-10H3/b32-25+,34-27?. The van der Waals surface area contributed by atoms with Crippen LogP contribution in [0.4, 0.5) is 5.69 Å². The van der Waals surface area contributed by atoms with Gasteiger partial charge in [-0.15, -0.1) is 0 Å². The Morgan fingerprint density at radius 2 is 1.69 bits per heavy atom. The first kappa shape index (κ1) is 53.4. The first-order chi connectivity index (χ1) is 32.4. The van der Waals surface area contributed by atoms with Crippen LogP contribution in [0.2, 0.25) is 0 Å². The number of aliphatic hydroxyl groups excluding tert-OH is 1. The van der Waals surface area contributed by atoms with E-state index in [1.807, 2.05) is 33.9 Å². The number of nitrogens with one attached hydrogen (secondary N) is 1. The molecular formula is C54H81N3O11. The highest BCUT2D eigenvalue weighted by Gasteiger charge is 2.56. The van der Waals surface area contributed by atoms with E-state index in [4.69, 9.17) is 23.7 Å². The number of aryl methyl sites for hydroxylation is 1. The maximum Gasteiger partial charge on any atom is 0.329 e. The van der Waals surface area contributed by atoms with Crippen LogP contribution < -0.4 is 5.32 Å². The number of esters is 1. The fourth-order valence-corrected chi connectivity index (χ4v) is 11.4. The van der Waals surface area contributed by atoms with Crippen molar-refractivity contribution in [3.8, 4) is 0 Å². The van der Waals surface area contributed by atoms with E-state index >= 15 is 0 Å². The van der Waals surface area contributed by atoms with Crippen LogP contribution in [0.25, 0.3) is 10.9 Å². The largest absolute Gasteiger partial charge is 0.456 e. The van der Waals surface area contributed by atoms with E-state index in [2.05, 4.69) is 60.3 Å². The Kier molecular flexibility index (Phi) is 18.7. The number of nitrogens with zero attached hydrogens (tertiary/aromatic N) is 2. The van der Waals surface area contributed by atoms with Crippen LogP contribution in [0.15, 0.2) is 53.8 Å². The zero-order valence-electron chi connectivity index (χ0n) is 42.4. The molecule has 14 atom stereocenters. The van der Waals surface area contributed by atoms with E-state index in [1.54, 1.807) is 28.1 Å². The molecule has 14 unspecified atom stereocenters. The number of fused-ring (bicyclic) bond motifs is 4. The van der Waals surface area contributed by atoms with Crippen LogP contribution in [0, 0.1) is 29.6 Å². The summed E-state index contributed by atoms with van der Waals surface area (Å²) in [5.41, 5.74) is 3.93. The summed E-state index contributed by atoms with van der Waals surface area (Å²) in [5, 5.41) is 29.0. The van der Waals surface area contributed by atoms with Gasteiger partial charge in [0.05, 0.1) is 30.5 Å². The molecule has 3 fully saturated rings. The Morgan fingerprint density at radius 3 is 2.40 bits per heavy atom. The minimum absolute atomic E-state index is 0.0339. The molecule has 2 bridgehead atoms. The molecule has 14 heteroatoms. The number of ketones is 2. The fourth-order valence-electron chi connectivity index (χ4n) is 11.4. The molecule has 1 aromatic heterocycles. The number of allylic oxidation sites excluding steroid dienone is 3. The molecule has 2 saturated heterocycles. The fraction of sp³-hybridized carbons (Fsp3) is 0.704. The lowest BCUT2D eigenvalue weighted by Gasteiger charge is -2.47. The molecular weight excluding hydrogens is 867 g/mol. The first-order valence-electron chi connectivity index (χ1n) is 25.4. The monoisotopic (exact) mass is 948 g/mol. The van der Waals surface area contributed by atoms with Gasteiger partial charge in [0.2, 0.25) is 5.79 Å². The van der Waals surface area contributed by atoms with Gasteiger partial charge in [-0.1, -0.05) is 52.3 Å². The van der Waals surface area contributed by atoms with Crippen LogP contribution in [-0.4, -0.2) is 125 Å². The maximum absolute atomic E-state index is 14.6. The summed E-state index contributed by atoms with van der Waals surface area (Å²) in [4.78, 5) is 58.7. The molecule has 6 rings (SSSR count). The van der Waals surface area contributed by atoms with Gasteiger partial charge in [0, 0.05) is 81.4 Å². The third-order valence-corrected chi connectivity index (χ3v) is 15.4. The molecule has 1 saturated carbocycles. The van der Waals surface area contributed by atoms with Crippen molar-refractivity contribution in [1.29, 1.82) is 0 Å². The lowest BCUT2D eigenvalue weighted by Crippen LogP contribution is -2.64. The van der Waals surface area contributed by atoms with Crippen molar-refractivity contribution in [3.63, 3.8) is 0 Å². The molecule has 4 heterocycles. The van der Waals surface area contributed by atoms with Crippen LogP contribution in [0.1, 0.15) is 126 Å². The van der Waals surface area contributed by atoms with Crippen molar-refractivity contribution >= 4 is 40.0 Å². The van der Waals surface area contributed by atoms with E-state index in [1.165, 1.54) is 4.90 Å². The molecule has 0 spiro atoms. The number of hydrogen-bond acceptors (Lipinski definition) is 12. The topological polar surface area (TPSA) is 175 Å². The second-order valence-electron chi connectivity index (χ2n) is 20.7. The van der Waals surface area contributed by atoms with Crippen LogP contribution in [-0.2, 0) is 49.9 Å². The number of methoxy groups -OCH3 is 2. The number of aromatic nitrogens is 1. The number of amides is 1. The third kappa shape index (κ3) is 12.3. The minimum atomic E-state index is -2.50. The molecule has 14 nitrogen and oxygen atoms in total. The summed E-state index contributed by atoms with van der Waals surface area (Å²) in [7, 11) is 5.13. The molecule has 3 N–H and O–H groups in total. The smallest absolute Gasteiger partial charge is 0.329 e. The van der Waals surface area contributed by atoms with Gasteiger partial charge in [-0.3, -0.25) is 14.4 Å². The van der Waals surface area contributed by atoms with Gasteiger partial charge in [-0.25, -0.2) is 4.79 Å². The highest BCUT2D eigenvalue weighted by molar-refractivity contribution is 6.39. The van der Waals surface area contributed by atoms with Gasteiger partial charge >= 0.3 is 5.97 Å². The van der Waals surface area contributed by atoms with Crippen molar-refractivity contribution in [2.24, 2.45) is 36.6 Å². The molecule has 2 aromatic rings. The van der Waals surface area contributed by atoms with Gasteiger partial charge in [-0.2, -0.15) is 0 Å². The molecule has 4 aliphatic rings. The quantitative estimate of drug-likeness (QED) is 0.120. The minimum Gasteiger partial charge on any atom is -0.456 e. The van der Waals surface area contributed by atoms with E-state index in [-0.39, 0.29) is 55.6 Å². The molecule has 1 aromatic carbocycles. The van der Waals surface area contributed by atoms with E-state index in [0.717, 1.165) is 47.0 Å². The summed E-state index contributed by atoms with van der Waals surface area (Å²) in [6, 6.07) is 7.46. The van der Waals surface area contributed by atoms with E-state index in [0.29, 0.717) is 45.1 Å². The Morgan fingerprint density at radius 1 is 0.956 bits per heavy atom. The number of carbonyl (C=O) groups is 4. The SMILES string of the molecule is CCCOC1CC(C=C(C)C2OC(=O)C3CCCCN3C(=O)C(=O)C3(O)OC(C(OC)CC(C)C/C(C)=C/C(CC)C(=O)CC(O)C2C)C(OC)CC3C)CCC1Nc1ccc2c(ccn2C)c1. The lowest BCUT2D eigenvalue weighted by atomic mass is 9.80. The molecule has 1 aliphatic carbocycles. The number of cyclic esters (lactones) is 1. The second-order valence-corrected chi connectivity index (χ2v) is 20.7. The number of rotatable bonds is 10. The van der Waals surface area contributed by atoms with E-state index in [9.17, 15) is 29.4 Å². The summed E-state index contributed by atoms with van der Waals surface area (Å²) in [5.74, 6) is -7.37. The number of hydrogen-bond donors (Lipinski definition) is 3. The van der Waals surface area contributed by atoms with Crippen LogP contribution in [0.3, 0.4) is 0 Å². The van der Waals surface area contributed by atoms with Gasteiger partial charge < -0.3 is 48.7 Å². The normalized spacial score (nSPS) is 36.4. The number of anilines is 1. The average molecular weight is 948 g/mol. The van der Waals surface area contributed by atoms with Crippen molar-refractivity contribution in [1.82, 2.24) is 9.47 Å². The third-order valence-electron chi connectivity index (χ3n) is 15.4. The predicted molar refractivity (Wildman–Crippen MR) is 262 cm³/mol. The summed E-state index contributed by atoms with van der Waals surface area (Å²) < 4.78 is 33.2. The number of benzene rings is 1. The predicted octanol–water partition coefficient (Wildman–Crippen LogP) is 7.86. The molecule has 68 heavy (non-hydrogen) atoms. The van der Waals surface area contributed by atoms with Gasteiger partial charge in [-0.05, 0) is 126 Å². The molecule has 1 amide bonds. The summed E-state index contributed by atoms with van der Waals surface area (Å²) >= 11 is 0. The molecule has 3 aliphatic heterocycles. The van der Waals surface area contributed by atoms with Gasteiger partial charge in [0.25, 0.3) is 11.7 Å². The van der Waals surface area contributed by atoms with Crippen LogP contribution in [0.5, 0.6) is 0 Å². The van der Waals surface area contributed by atoms with Crippen molar-refractivity contribution < 1.29 is 53.1 Å². The zero-order valence-corrected chi connectivity index (χ0v) is 42.4. The van der Waals surface area contributed by atoms with Crippen molar-refractivity contribution in [3.05, 3.63) is 53.8 Å². The Balaban J connectivity index is 1.31. The van der Waals surface area contributed by atoms with Crippen molar-refractivity contribution in [2.75, 3.05) is 32.7 Å². The molecule has 378 valence electrons. The van der Waals surface area contributed by atoms with Gasteiger partial charge in [0.1, 0.15) is 24.0 Å². The lowest BCUT2D eigenvalue weighted by molar-refractivity contribution is -0.302. The van der Waals surface area contributed by atoms with Crippen LogP contribution >= 0.6 is 0 Å². The Labute approximate surface area is 404 Å². The highest BCUT2D eigenvalue weighted by atomic mass is 16.7. The summed E-state index contributed by atoms with van der Waals surface area (Å²) in [6.07, 6.45) is 8.31. The van der Waals surface area contributed by atoms with E-state index < -0.39 is 77.8 Å². The zero-order chi connectivity index (χ0) is 49.4. The molecule has 0 radical (unpaired) electrons. The number of aliphatic hydroxyl groups is 2. The average Bonchev–Trinajstić information content (AvgIpc) is 3.70. The Hall–Kier alpha value is -3.92. The second kappa shape index (κ2) is 23.8. The number of piperidine rings is 1. The summed E-state index contributed by atoms with van der Waals surface area (Å²) in [6.45, 7) is 14.2.